The van der Waals surface area contributed by atoms with E-state index in [9.17, 15) is 4.79 Å². The number of ether oxygens (including phenoxy) is 1. The first-order valence-corrected chi connectivity index (χ1v) is 5.81. The molecule has 2 heteroatoms. The molecule has 14 heavy (non-hydrogen) atoms. The lowest BCUT2D eigenvalue weighted by Crippen LogP contribution is -2.41. The first kappa shape index (κ1) is 10.2. The Morgan fingerprint density at radius 2 is 2.14 bits per heavy atom. The Morgan fingerprint density at radius 3 is 2.57 bits per heavy atom. The third kappa shape index (κ3) is 2.35. The lowest BCUT2D eigenvalue weighted by Gasteiger charge is -2.40. The summed E-state index contributed by atoms with van der Waals surface area (Å²) in [7, 11) is 1.74. The van der Waals surface area contributed by atoms with Crippen molar-refractivity contribution in [2.24, 2.45) is 5.92 Å². The van der Waals surface area contributed by atoms with Gasteiger partial charge in [-0.1, -0.05) is 12.8 Å². The standard InChI is InChI=1S/C12H20O2/c1-14-12(7-2-8-12)9-11(13)6-5-10-3-4-10/h10H,2-9H2,1H3. The molecule has 0 unspecified atom stereocenters. The lowest BCUT2D eigenvalue weighted by atomic mass is 9.76. The van der Waals surface area contributed by atoms with E-state index in [0.29, 0.717) is 12.2 Å². The molecule has 0 spiro atoms. The largest absolute Gasteiger partial charge is 0.378 e. The number of rotatable bonds is 6. The highest BCUT2D eigenvalue weighted by Gasteiger charge is 2.38. The molecule has 2 nitrogen and oxygen atoms in total. The zero-order valence-corrected chi connectivity index (χ0v) is 9.05. The molecule has 0 saturated heterocycles. The van der Waals surface area contributed by atoms with E-state index in [2.05, 4.69) is 0 Å². The Balaban J connectivity index is 1.69. The fourth-order valence-electron chi connectivity index (χ4n) is 2.24. The van der Waals surface area contributed by atoms with E-state index in [1.165, 1.54) is 19.3 Å². The minimum atomic E-state index is -0.0549. The summed E-state index contributed by atoms with van der Waals surface area (Å²) in [5.74, 6) is 1.29. The Kier molecular flexibility index (Phi) is 2.91. The number of carbonyl (C=O) groups is 1. The molecule has 2 saturated carbocycles. The van der Waals surface area contributed by atoms with E-state index in [-0.39, 0.29) is 5.60 Å². The minimum Gasteiger partial charge on any atom is -0.378 e. The average molecular weight is 196 g/mol. The van der Waals surface area contributed by atoms with Crippen LogP contribution in [0.4, 0.5) is 0 Å². The van der Waals surface area contributed by atoms with Gasteiger partial charge in [0.25, 0.3) is 0 Å². The summed E-state index contributed by atoms with van der Waals surface area (Å²) in [4.78, 5) is 11.7. The summed E-state index contributed by atoms with van der Waals surface area (Å²) < 4.78 is 5.45. The number of hydrogen-bond donors (Lipinski definition) is 0. The van der Waals surface area contributed by atoms with Crippen LogP contribution in [0.3, 0.4) is 0 Å². The van der Waals surface area contributed by atoms with Crippen LogP contribution >= 0.6 is 0 Å². The van der Waals surface area contributed by atoms with E-state index in [4.69, 9.17) is 4.74 Å². The van der Waals surface area contributed by atoms with Crippen LogP contribution in [0.15, 0.2) is 0 Å². The molecular formula is C12H20O2. The first-order chi connectivity index (χ1) is 6.74. The van der Waals surface area contributed by atoms with Crippen molar-refractivity contribution in [3.05, 3.63) is 0 Å². The fourth-order valence-corrected chi connectivity index (χ4v) is 2.24. The van der Waals surface area contributed by atoms with Crippen LogP contribution in [0.1, 0.15) is 51.4 Å². The lowest BCUT2D eigenvalue weighted by molar-refractivity contribution is -0.132. The van der Waals surface area contributed by atoms with Gasteiger partial charge in [0, 0.05) is 20.0 Å². The van der Waals surface area contributed by atoms with E-state index in [0.717, 1.165) is 31.6 Å². The van der Waals surface area contributed by atoms with Gasteiger partial charge in [0.05, 0.1) is 5.60 Å². The molecule has 0 aliphatic heterocycles. The second-order valence-electron chi connectivity index (χ2n) is 4.94. The first-order valence-electron chi connectivity index (χ1n) is 5.81. The molecule has 0 amide bonds. The van der Waals surface area contributed by atoms with Gasteiger partial charge in [-0.15, -0.1) is 0 Å². The van der Waals surface area contributed by atoms with Crippen molar-refractivity contribution in [2.75, 3.05) is 7.11 Å². The van der Waals surface area contributed by atoms with Gasteiger partial charge < -0.3 is 4.74 Å². The second kappa shape index (κ2) is 4.01. The number of methoxy groups -OCH3 is 1. The maximum Gasteiger partial charge on any atom is 0.135 e. The predicted octanol–water partition coefficient (Wildman–Crippen LogP) is 2.70. The summed E-state index contributed by atoms with van der Waals surface area (Å²) >= 11 is 0. The predicted molar refractivity (Wildman–Crippen MR) is 55.2 cm³/mol. The summed E-state index contributed by atoms with van der Waals surface area (Å²) in [5.41, 5.74) is -0.0549. The van der Waals surface area contributed by atoms with Crippen LogP contribution in [-0.2, 0) is 9.53 Å². The summed E-state index contributed by atoms with van der Waals surface area (Å²) in [6.07, 6.45) is 8.66. The fraction of sp³-hybridized carbons (Fsp3) is 0.917. The van der Waals surface area contributed by atoms with Crippen LogP contribution in [-0.4, -0.2) is 18.5 Å². The van der Waals surface area contributed by atoms with Gasteiger partial charge >= 0.3 is 0 Å². The van der Waals surface area contributed by atoms with E-state index in [1.54, 1.807) is 7.11 Å². The average Bonchev–Trinajstić information content (AvgIpc) is 2.91. The Bertz CT molecular complexity index is 209. The van der Waals surface area contributed by atoms with Crippen molar-refractivity contribution in [3.8, 4) is 0 Å². The third-order valence-corrected chi connectivity index (χ3v) is 3.75. The van der Waals surface area contributed by atoms with Crippen LogP contribution < -0.4 is 0 Å². The van der Waals surface area contributed by atoms with E-state index in [1.807, 2.05) is 0 Å². The van der Waals surface area contributed by atoms with Gasteiger partial charge in [0.1, 0.15) is 5.78 Å². The van der Waals surface area contributed by atoms with Crippen molar-refractivity contribution in [2.45, 2.75) is 57.0 Å². The molecule has 0 N–H and O–H groups in total. The maximum absolute atomic E-state index is 11.7. The Labute approximate surface area is 86.0 Å². The molecule has 0 aromatic carbocycles. The van der Waals surface area contributed by atoms with Gasteiger partial charge in [-0.05, 0) is 31.6 Å². The van der Waals surface area contributed by atoms with Crippen LogP contribution in [0.25, 0.3) is 0 Å². The van der Waals surface area contributed by atoms with Crippen molar-refractivity contribution in [1.82, 2.24) is 0 Å². The zero-order chi connectivity index (χ0) is 10.0. The Morgan fingerprint density at radius 1 is 1.43 bits per heavy atom. The van der Waals surface area contributed by atoms with Gasteiger partial charge in [0.15, 0.2) is 0 Å². The molecular weight excluding hydrogens is 176 g/mol. The van der Waals surface area contributed by atoms with Crippen molar-refractivity contribution < 1.29 is 9.53 Å². The summed E-state index contributed by atoms with van der Waals surface area (Å²) in [6, 6.07) is 0. The second-order valence-corrected chi connectivity index (χ2v) is 4.94. The molecule has 2 aliphatic carbocycles. The topological polar surface area (TPSA) is 26.3 Å². The number of carbonyl (C=O) groups excluding carboxylic acids is 1. The molecule has 2 aliphatic rings. The smallest absolute Gasteiger partial charge is 0.135 e. The van der Waals surface area contributed by atoms with Gasteiger partial charge in [-0.3, -0.25) is 4.79 Å². The number of hydrogen-bond acceptors (Lipinski definition) is 2. The zero-order valence-electron chi connectivity index (χ0n) is 9.05. The van der Waals surface area contributed by atoms with Crippen molar-refractivity contribution in [3.63, 3.8) is 0 Å². The molecule has 0 bridgehead atoms. The van der Waals surface area contributed by atoms with E-state index < -0.39 is 0 Å². The van der Waals surface area contributed by atoms with Crippen molar-refractivity contribution >= 4 is 5.78 Å². The van der Waals surface area contributed by atoms with Gasteiger partial charge in [-0.2, -0.15) is 0 Å². The van der Waals surface area contributed by atoms with Gasteiger partial charge in [-0.25, -0.2) is 0 Å². The summed E-state index contributed by atoms with van der Waals surface area (Å²) in [5, 5.41) is 0. The molecule has 2 fully saturated rings. The molecule has 80 valence electrons. The minimum absolute atomic E-state index is 0.0549. The normalized spacial score (nSPS) is 24.4. The molecule has 0 aromatic heterocycles. The van der Waals surface area contributed by atoms with E-state index >= 15 is 0 Å². The molecule has 0 radical (unpaired) electrons. The van der Waals surface area contributed by atoms with Gasteiger partial charge in [0.2, 0.25) is 0 Å². The third-order valence-electron chi connectivity index (χ3n) is 3.75. The van der Waals surface area contributed by atoms with Crippen molar-refractivity contribution in [1.29, 1.82) is 0 Å². The number of Topliss-reactive ketones (excluding diaryl/α,β-unsaturated/α-hetero) is 1. The number of ketones is 1. The SMILES string of the molecule is COC1(CC(=O)CCC2CC2)CCC1. The quantitative estimate of drug-likeness (QED) is 0.653. The highest BCUT2D eigenvalue weighted by molar-refractivity contribution is 5.79. The monoisotopic (exact) mass is 196 g/mol. The molecule has 0 aromatic rings. The molecule has 2 rings (SSSR count). The highest BCUT2D eigenvalue weighted by atomic mass is 16.5. The maximum atomic E-state index is 11.7. The van der Waals surface area contributed by atoms with Crippen LogP contribution in [0.2, 0.25) is 0 Å². The van der Waals surface area contributed by atoms with Crippen LogP contribution in [0, 0.1) is 5.92 Å². The van der Waals surface area contributed by atoms with Crippen LogP contribution in [0.5, 0.6) is 0 Å². The molecule has 0 heterocycles. The highest BCUT2D eigenvalue weighted by Crippen LogP contribution is 2.39. The molecule has 0 atom stereocenters. The summed E-state index contributed by atoms with van der Waals surface area (Å²) in [6.45, 7) is 0. The Hall–Kier alpha value is -0.370.